The van der Waals surface area contributed by atoms with Gasteiger partial charge in [-0.3, -0.25) is 15.0 Å². The van der Waals surface area contributed by atoms with Crippen molar-refractivity contribution in [2.24, 2.45) is 0 Å². The summed E-state index contributed by atoms with van der Waals surface area (Å²) in [6.45, 7) is 4.62. The van der Waals surface area contributed by atoms with E-state index in [0.29, 0.717) is 13.0 Å². The van der Waals surface area contributed by atoms with Crippen LogP contribution in [0.5, 0.6) is 0 Å². The molecule has 3 amide bonds. The fraction of sp³-hybridized carbons (Fsp3) is 0.467. The molecule has 2 aliphatic heterocycles. The first-order valence-corrected chi connectivity index (χ1v) is 7.28. The minimum absolute atomic E-state index is 0.203. The monoisotopic (exact) mass is 288 g/mol. The number of piperazine rings is 1. The molecule has 0 radical (unpaired) electrons. The van der Waals surface area contributed by atoms with Gasteiger partial charge < -0.3 is 9.80 Å². The zero-order valence-corrected chi connectivity index (χ0v) is 12.2. The Morgan fingerprint density at radius 1 is 0.905 bits per heavy atom. The quantitative estimate of drug-likeness (QED) is 0.878. The molecular formula is C15H20N4O2. The number of nitrogens with zero attached hydrogens (tertiary/aromatic N) is 3. The molecule has 21 heavy (non-hydrogen) atoms. The molecule has 0 aliphatic carbocycles. The largest absolute Gasteiger partial charge is 0.369 e. The molecule has 1 N–H and O–H groups in total. The van der Waals surface area contributed by atoms with Crippen molar-refractivity contribution in [3.8, 4) is 0 Å². The summed E-state index contributed by atoms with van der Waals surface area (Å²) < 4.78 is 0. The van der Waals surface area contributed by atoms with Gasteiger partial charge in [-0.05, 0) is 31.3 Å². The number of hydrogen-bond acceptors (Lipinski definition) is 4. The molecular weight excluding hydrogens is 268 g/mol. The van der Waals surface area contributed by atoms with Crippen LogP contribution in [0.3, 0.4) is 0 Å². The van der Waals surface area contributed by atoms with Crippen molar-refractivity contribution in [1.82, 2.24) is 10.2 Å². The van der Waals surface area contributed by atoms with Gasteiger partial charge in [0.25, 0.3) is 0 Å². The summed E-state index contributed by atoms with van der Waals surface area (Å²) in [5.74, 6) is -0.203. The first-order valence-electron chi connectivity index (χ1n) is 7.28. The number of nitrogens with one attached hydrogen (secondary N) is 1. The minimum Gasteiger partial charge on any atom is -0.369 e. The number of hydrogen-bond donors (Lipinski definition) is 1. The number of carbonyl (C=O) groups excluding carboxylic acids is 2. The zero-order chi connectivity index (χ0) is 14.8. The second-order valence-electron chi connectivity index (χ2n) is 5.56. The third kappa shape index (κ3) is 3.00. The molecule has 0 atom stereocenters. The van der Waals surface area contributed by atoms with Crippen molar-refractivity contribution in [3.63, 3.8) is 0 Å². The molecule has 0 bridgehead atoms. The predicted octanol–water partition coefficient (Wildman–Crippen LogP) is 0.885. The Labute approximate surface area is 124 Å². The first-order chi connectivity index (χ1) is 10.1. The Bertz CT molecular complexity index is 535. The summed E-state index contributed by atoms with van der Waals surface area (Å²) in [5.41, 5.74) is 2.01. The number of carbonyl (C=O) groups is 2. The number of rotatable bonds is 2. The van der Waals surface area contributed by atoms with E-state index in [9.17, 15) is 9.59 Å². The van der Waals surface area contributed by atoms with Crippen LogP contribution in [-0.4, -0.2) is 56.6 Å². The van der Waals surface area contributed by atoms with Gasteiger partial charge in [0.05, 0.1) is 0 Å². The fourth-order valence-electron chi connectivity index (χ4n) is 2.72. The lowest BCUT2D eigenvalue weighted by Gasteiger charge is -2.34. The highest BCUT2D eigenvalue weighted by atomic mass is 16.2. The maximum Gasteiger partial charge on any atom is 0.328 e. The average molecular weight is 288 g/mol. The van der Waals surface area contributed by atoms with E-state index in [1.54, 1.807) is 4.90 Å². The molecule has 2 saturated heterocycles. The van der Waals surface area contributed by atoms with Gasteiger partial charge in [0.15, 0.2) is 0 Å². The van der Waals surface area contributed by atoms with Gasteiger partial charge in [-0.1, -0.05) is 0 Å². The summed E-state index contributed by atoms with van der Waals surface area (Å²) in [4.78, 5) is 29.3. The maximum absolute atomic E-state index is 11.8. The van der Waals surface area contributed by atoms with Gasteiger partial charge in [0, 0.05) is 50.5 Å². The Morgan fingerprint density at radius 2 is 1.52 bits per heavy atom. The highest BCUT2D eigenvalue weighted by Gasteiger charge is 2.24. The van der Waals surface area contributed by atoms with Gasteiger partial charge in [0.2, 0.25) is 5.91 Å². The van der Waals surface area contributed by atoms with E-state index < -0.39 is 0 Å². The third-order valence-electron chi connectivity index (χ3n) is 4.08. The van der Waals surface area contributed by atoms with Crippen LogP contribution in [0, 0.1) is 0 Å². The first kappa shape index (κ1) is 13.9. The number of likely N-dealkylation sites (N-methyl/N-ethyl adjacent to an activating group) is 1. The number of amides is 3. The van der Waals surface area contributed by atoms with E-state index >= 15 is 0 Å². The molecule has 1 aromatic rings. The molecule has 0 spiro atoms. The Balaban J connectivity index is 1.69. The van der Waals surface area contributed by atoms with Crippen molar-refractivity contribution in [1.29, 1.82) is 0 Å². The smallest absolute Gasteiger partial charge is 0.328 e. The Kier molecular flexibility index (Phi) is 3.79. The summed E-state index contributed by atoms with van der Waals surface area (Å²) in [7, 11) is 2.14. The molecule has 112 valence electrons. The van der Waals surface area contributed by atoms with E-state index in [1.807, 2.05) is 24.3 Å². The molecule has 2 aliphatic rings. The summed E-state index contributed by atoms with van der Waals surface area (Å²) in [6, 6.07) is 7.65. The second kappa shape index (κ2) is 5.73. The van der Waals surface area contributed by atoms with Crippen molar-refractivity contribution in [2.75, 3.05) is 49.6 Å². The summed E-state index contributed by atoms with van der Waals surface area (Å²) in [5, 5.41) is 2.34. The van der Waals surface area contributed by atoms with Gasteiger partial charge in [-0.25, -0.2) is 4.79 Å². The topological polar surface area (TPSA) is 55.9 Å². The van der Waals surface area contributed by atoms with Crippen LogP contribution in [0.4, 0.5) is 16.2 Å². The van der Waals surface area contributed by atoms with E-state index in [1.165, 1.54) is 5.69 Å². The van der Waals surface area contributed by atoms with E-state index in [-0.39, 0.29) is 11.9 Å². The SMILES string of the molecule is CN1CCN(c2ccc(N3CCC(=O)NC3=O)cc2)CC1. The highest BCUT2D eigenvalue weighted by Crippen LogP contribution is 2.23. The van der Waals surface area contributed by atoms with Gasteiger partial charge in [-0.2, -0.15) is 0 Å². The molecule has 6 heteroatoms. The second-order valence-corrected chi connectivity index (χ2v) is 5.56. The molecule has 0 saturated carbocycles. The van der Waals surface area contributed by atoms with Crippen LogP contribution in [-0.2, 0) is 4.79 Å². The molecule has 2 fully saturated rings. The van der Waals surface area contributed by atoms with E-state index in [0.717, 1.165) is 31.9 Å². The molecule has 6 nitrogen and oxygen atoms in total. The van der Waals surface area contributed by atoms with Gasteiger partial charge in [-0.15, -0.1) is 0 Å². The lowest BCUT2D eigenvalue weighted by molar-refractivity contribution is -0.120. The molecule has 3 rings (SSSR count). The van der Waals surface area contributed by atoms with Crippen molar-refractivity contribution in [2.45, 2.75) is 6.42 Å². The fourth-order valence-corrected chi connectivity index (χ4v) is 2.72. The summed E-state index contributed by atoms with van der Waals surface area (Å²) >= 11 is 0. The predicted molar refractivity (Wildman–Crippen MR) is 81.7 cm³/mol. The minimum atomic E-state index is -0.335. The van der Waals surface area contributed by atoms with E-state index in [2.05, 4.69) is 22.2 Å². The lowest BCUT2D eigenvalue weighted by atomic mass is 10.2. The zero-order valence-electron chi connectivity index (χ0n) is 12.2. The average Bonchev–Trinajstić information content (AvgIpc) is 2.48. The molecule has 0 aromatic heterocycles. The number of urea groups is 1. The van der Waals surface area contributed by atoms with Crippen LogP contribution in [0.25, 0.3) is 0 Å². The number of benzene rings is 1. The third-order valence-corrected chi connectivity index (χ3v) is 4.08. The van der Waals surface area contributed by atoms with Gasteiger partial charge >= 0.3 is 6.03 Å². The number of anilines is 2. The maximum atomic E-state index is 11.8. The highest BCUT2D eigenvalue weighted by molar-refractivity contribution is 6.05. The van der Waals surface area contributed by atoms with Crippen molar-refractivity contribution in [3.05, 3.63) is 24.3 Å². The van der Waals surface area contributed by atoms with Crippen LogP contribution >= 0.6 is 0 Å². The van der Waals surface area contributed by atoms with Crippen molar-refractivity contribution < 1.29 is 9.59 Å². The molecule has 2 heterocycles. The lowest BCUT2D eigenvalue weighted by Crippen LogP contribution is -2.49. The van der Waals surface area contributed by atoms with Crippen LogP contribution in [0.2, 0.25) is 0 Å². The molecule has 1 aromatic carbocycles. The molecule has 0 unspecified atom stereocenters. The number of imide groups is 1. The Morgan fingerprint density at radius 3 is 2.14 bits per heavy atom. The Hall–Kier alpha value is -2.08. The van der Waals surface area contributed by atoms with Crippen LogP contribution < -0.4 is 15.1 Å². The summed E-state index contributed by atoms with van der Waals surface area (Å²) in [6.07, 6.45) is 0.353. The van der Waals surface area contributed by atoms with Gasteiger partial charge in [0.1, 0.15) is 0 Å². The van der Waals surface area contributed by atoms with Crippen molar-refractivity contribution >= 4 is 23.3 Å². The van der Waals surface area contributed by atoms with Crippen LogP contribution in [0.1, 0.15) is 6.42 Å². The van der Waals surface area contributed by atoms with E-state index in [4.69, 9.17) is 0 Å². The normalized spacial score (nSPS) is 20.6. The standard InChI is InChI=1S/C15H20N4O2/c1-17-8-10-18(11-9-17)12-2-4-13(5-3-12)19-7-6-14(20)16-15(19)21/h2-5H,6-11H2,1H3,(H,16,20,21). The van der Waals surface area contributed by atoms with Crippen LogP contribution in [0.15, 0.2) is 24.3 Å².